The first kappa shape index (κ1) is 19.8. The van der Waals surface area contributed by atoms with E-state index in [0.717, 1.165) is 6.07 Å². The maximum atomic E-state index is 13.9. The zero-order valence-corrected chi connectivity index (χ0v) is 17.1. The van der Waals surface area contributed by atoms with E-state index in [0.29, 0.717) is 28.9 Å². The molecular weight excluding hydrogens is 403 g/mol. The molecule has 2 aromatic rings. The Balaban J connectivity index is 1.80. The van der Waals surface area contributed by atoms with Gasteiger partial charge in [-0.05, 0) is 23.5 Å². The molecule has 1 unspecified atom stereocenters. The fraction of sp³-hybridized carbons (Fsp3) is 0.280. The number of ketones is 2. The Bertz CT molecular complexity index is 1220. The molecule has 31 heavy (non-hydrogen) atoms. The van der Waals surface area contributed by atoms with Crippen LogP contribution < -0.4 is 5.32 Å². The van der Waals surface area contributed by atoms with Crippen LogP contribution >= 0.6 is 0 Å². The summed E-state index contributed by atoms with van der Waals surface area (Å²) in [5, 5.41) is 3.28. The molecule has 0 bridgehead atoms. The van der Waals surface area contributed by atoms with Crippen LogP contribution in [0.15, 0.2) is 65.4 Å². The minimum atomic E-state index is -4.60. The van der Waals surface area contributed by atoms with Crippen molar-refractivity contribution in [3.8, 4) is 0 Å². The van der Waals surface area contributed by atoms with Crippen molar-refractivity contribution >= 4 is 17.3 Å². The summed E-state index contributed by atoms with van der Waals surface area (Å²) in [5.74, 6) is -1.59. The predicted molar refractivity (Wildman–Crippen MR) is 110 cm³/mol. The van der Waals surface area contributed by atoms with Crippen LogP contribution in [0.1, 0.15) is 59.7 Å². The monoisotopic (exact) mass is 423 g/mol. The van der Waals surface area contributed by atoms with Crippen molar-refractivity contribution in [2.45, 2.75) is 38.8 Å². The lowest BCUT2D eigenvalue weighted by Crippen LogP contribution is -2.37. The quantitative estimate of drug-likeness (QED) is 0.645. The zero-order valence-electron chi connectivity index (χ0n) is 17.1. The van der Waals surface area contributed by atoms with Crippen molar-refractivity contribution in [3.63, 3.8) is 0 Å². The Morgan fingerprint density at radius 1 is 0.903 bits per heavy atom. The van der Waals surface area contributed by atoms with Crippen LogP contribution in [0.2, 0.25) is 0 Å². The molecule has 0 saturated carbocycles. The lowest BCUT2D eigenvalue weighted by atomic mass is 9.68. The topological polar surface area (TPSA) is 46.2 Å². The number of hydrogen-bond acceptors (Lipinski definition) is 3. The largest absolute Gasteiger partial charge is 0.416 e. The van der Waals surface area contributed by atoms with E-state index in [4.69, 9.17) is 0 Å². The van der Waals surface area contributed by atoms with Crippen LogP contribution in [-0.4, -0.2) is 11.6 Å². The molecule has 0 spiro atoms. The average molecular weight is 423 g/mol. The van der Waals surface area contributed by atoms with Gasteiger partial charge in [0, 0.05) is 40.3 Å². The average Bonchev–Trinajstić information content (AvgIpc) is 2.97. The van der Waals surface area contributed by atoms with Gasteiger partial charge in [0.15, 0.2) is 11.6 Å². The van der Waals surface area contributed by atoms with Gasteiger partial charge in [-0.15, -0.1) is 0 Å². The molecule has 1 N–H and O–H groups in total. The summed E-state index contributed by atoms with van der Waals surface area (Å²) in [7, 11) is 0. The molecule has 3 nitrogen and oxygen atoms in total. The Kier molecular flexibility index (Phi) is 4.10. The van der Waals surface area contributed by atoms with E-state index >= 15 is 0 Å². The third-order valence-corrected chi connectivity index (χ3v) is 6.31. The van der Waals surface area contributed by atoms with E-state index < -0.39 is 17.7 Å². The SMILES string of the molecule is CC1(C)CC(=O)C2=C(C1)NC1=C(C(=O)c3ccccc31)C2c1ccccc1C(F)(F)F. The molecule has 0 aromatic heterocycles. The molecule has 1 atom stereocenters. The number of nitrogens with one attached hydrogen (secondary N) is 1. The number of benzene rings is 2. The Morgan fingerprint density at radius 3 is 2.26 bits per heavy atom. The van der Waals surface area contributed by atoms with E-state index in [9.17, 15) is 22.8 Å². The van der Waals surface area contributed by atoms with Crippen molar-refractivity contribution in [2.24, 2.45) is 5.41 Å². The van der Waals surface area contributed by atoms with Gasteiger partial charge in [-0.2, -0.15) is 13.2 Å². The summed E-state index contributed by atoms with van der Waals surface area (Å²) in [6, 6.07) is 12.2. The number of dihydropyridines is 1. The molecule has 0 radical (unpaired) electrons. The maximum Gasteiger partial charge on any atom is 0.416 e. The maximum absolute atomic E-state index is 13.9. The van der Waals surface area contributed by atoms with E-state index in [2.05, 4.69) is 5.32 Å². The number of alkyl halides is 3. The smallest absolute Gasteiger partial charge is 0.358 e. The summed E-state index contributed by atoms with van der Waals surface area (Å²) in [5.41, 5.74) is 1.57. The third kappa shape index (κ3) is 2.96. The molecule has 1 heterocycles. The van der Waals surface area contributed by atoms with Gasteiger partial charge in [-0.25, -0.2) is 0 Å². The first-order chi connectivity index (χ1) is 14.6. The number of allylic oxidation sites excluding steroid dienone is 3. The van der Waals surface area contributed by atoms with Gasteiger partial charge >= 0.3 is 6.18 Å². The van der Waals surface area contributed by atoms with Crippen molar-refractivity contribution in [2.75, 3.05) is 0 Å². The molecule has 6 heteroatoms. The van der Waals surface area contributed by atoms with Crippen molar-refractivity contribution in [3.05, 3.63) is 87.6 Å². The first-order valence-electron chi connectivity index (χ1n) is 10.2. The summed E-state index contributed by atoms with van der Waals surface area (Å²) in [6.07, 6.45) is -3.86. The van der Waals surface area contributed by atoms with Gasteiger partial charge in [0.25, 0.3) is 0 Å². The van der Waals surface area contributed by atoms with Crippen LogP contribution in [0.25, 0.3) is 5.70 Å². The normalized spacial score (nSPS) is 22.2. The highest BCUT2D eigenvalue weighted by Crippen LogP contribution is 2.52. The molecule has 5 rings (SSSR count). The zero-order chi connectivity index (χ0) is 22.1. The second kappa shape index (κ2) is 6.42. The summed E-state index contributed by atoms with van der Waals surface area (Å²) >= 11 is 0. The molecule has 3 aliphatic rings. The van der Waals surface area contributed by atoms with E-state index in [1.165, 1.54) is 18.2 Å². The van der Waals surface area contributed by atoms with Crippen LogP contribution in [0.4, 0.5) is 13.2 Å². The third-order valence-electron chi connectivity index (χ3n) is 6.31. The molecule has 0 fully saturated rings. The van der Waals surface area contributed by atoms with Crippen molar-refractivity contribution < 1.29 is 22.8 Å². The summed E-state index contributed by atoms with van der Waals surface area (Å²) in [6.45, 7) is 3.93. The minimum absolute atomic E-state index is 0.0503. The van der Waals surface area contributed by atoms with Gasteiger partial charge in [-0.1, -0.05) is 56.3 Å². The van der Waals surface area contributed by atoms with Crippen LogP contribution in [0.5, 0.6) is 0 Å². The number of rotatable bonds is 1. The predicted octanol–water partition coefficient (Wildman–Crippen LogP) is 5.64. The van der Waals surface area contributed by atoms with Gasteiger partial charge in [-0.3, -0.25) is 9.59 Å². The van der Waals surface area contributed by atoms with Gasteiger partial charge in [0.1, 0.15) is 0 Å². The van der Waals surface area contributed by atoms with Crippen LogP contribution in [0, 0.1) is 5.41 Å². The lowest BCUT2D eigenvalue weighted by Gasteiger charge is -2.39. The summed E-state index contributed by atoms with van der Waals surface area (Å²) < 4.78 is 41.8. The number of halogens is 3. The van der Waals surface area contributed by atoms with E-state index in [1.54, 1.807) is 24.3 Å². The minimum Gasteiger partial charge on any atom is -0.358 e. The fourth-order valence-corrected chi connectivity index (χ4v) is 5.11. The molecule has 158 valence electrons. The number of hydrogen-bond donors (Lipinski definition) is 1. The lowest BCUT2D eigenvalue weighted by molar-refractivity contribution is -0.138. The highest BCUT2D eigenvalue weighted by molar-refractivity contribution is 6.23. The standard InChI is InChI=1S/C25H20F3NO2/c1-24(2)11-17-20(18(30)12-24)19(15-9-5-6-10-16(15)25(26,27)28)21-22(29-17)13-7-3-4-8-14(13)23(21)31/h3-10,19,29H,11-12H2,1-2H3. The number of Topliss-reactive ketones (excluding diaryl/α,β-unsaturated/α-hetero) is 2. The van der Waals surface area contributed by atoms with Crippen molar-refractivity contribution in [1.82, 2.24) is 5.32 Å². The second-order valence-electron chi connectivity index (χ2n) is 9.14. The van der Waals surface area contributed by atoms with Crippen LogP contribution in [-0.2, 0) is 11.0 Å². The molecule has 1 aliphatic heterocycles. The van der Waals surface area contributed by atoms with Gasteiger partial charge in [0.2, 0.25) is 0 Å². The van der Waals surface area contributed by atoms with E-state index in [-0.39, 0.29) is 40.1 Å². The molecule has 2 aromatic carbocycles. The van der Waals surface area contributed by atoms with E-state index in [1.807, 2.05) is 13.8 Å². The number of carbonyl (C=O) groups is 2. The fourth-order valence-electron chi connectivity index (χ4n) is 5.11. The van der Waals surface area contributed by atoms with Crippen molar-refractivity contribution in [1.29, 1.82) is 0 Å². The van der Waals surface area contributed by atoms with Gasteiger partial charge < -0.3 is 5.32 Å². The second-order valence-corrected chi connectivity index (χ2v) is 9.14. The molecule has 2 aliphatic carbocycles. The number of carbonyl (C=O) groups excluding carboxylic acids is 2. The van der Waals surface area contributed by atoms with Crippen LogP contribution in [0.3, 0.4) is 0 Å². The Labute approximate surface area is 177 Å². The molecule has 0 amide bonds. The summed E-state index contributed by atoms with van der Waals surface area (Å²) in [4.78, 5) is 26.6. The highest BCUT2D eigenvalue weighted by Gasteiger charge is 2.48. The molecule has 0 saturated heterocycles. The highest BCUT2D eigenvalue weighted by atomic mass is 19.4. The Hall–Kier alpha value is -3.15. The Morgan fingerprint density at radius 2 is 1.55 bits per heavy atom. The first-order valence-corrected chi connectivity index (χ1v) is 10.2. The number of fused-ring (bicyclic) bond motifs is 2. The van der Waals surface area contributed by atoms with Gasteiger partial charge in [0.05, 0.1) is 11.3 Å². The molecular formula is C25H20F3NO2.